The van der Waals surface area contributed by atoms with Gasteiger partial charge in [0.1, 0.15) is 23.0 Å². The highest BCUT2D eigenvalue weighted by atomic mass is 19.1. The van der Waals surface area contributed by atoms with Gasteiger partial charge in [-0.2, -0.15) is 0 Å². The normalized spacial score (nSPS) is 17.9. The van der Waals surface area contributed by atoms with E-state index in [1.165, 1.54) is 38.2 Å². The second kappa shape index (κ2) is 11.0. The third-order valence-electron chi connectivity index (χ3n) is 7.68. The molecule has 0 atom stereocenters. The first-order valence-corrected chi connectivity index (χ1v) is 13.6. The molecule has 1 saturated carbocycles. The fourth-order valence-corrected chi connectivity index (χ4v) is 5.50. The summed E-state index contributed by atoms with van der Waals surface area (Å²) in [4.78, 5) is 27.9. The van der Waals surface area contributed by atoms with E-state index in [4.69, 9.17) is 9.47 Å². The van der Waals surface area contributed by atoms with Crippen molar-refractivity contribution < 1.29 is 23.0 Å². The van der Waals surface area contributed by atoms with Crippen LogP contribution in [0.3, 0.4) is 0 Å². The zero-order valence-corrected chi connectivity index (χ0v) is 22.6. The number of carbonyl (C=O) groups excluding carboxylic acids is 1. The van der Waals surface area contributed by atoms with Crippen LogP contribution >= 0.6 is 0 Å². The third kappa shape index (κ3) is 5.31. The largest absolute Gasteiger partial charge is 0.496 e. The second-order valence-electron chi connectivity index (χ2n) is 10.3. The Morgan fingerprint density at radius 2 is 1.93 bits per heavy atom. The first-order chi connectivity index (χ1) is 19.4. The van der Waals surface area contributed by atoms with Crippen LogP contribution < -0.4 is 19.7 Å². The molecule has 2 fully saturated rings. The molecule has 1 amide bonds. The minimum Gasteiger partial charge on any atom is -0.496 e. The van der Waals surface area contributed by atoms with Crippen molar-refractivity contribution >= 4 is 23.2 Å². The lowest BCUT2D eigenvalue weighted by Crippen LogP contribution is -2.46. The van der Waals surface area contributed by atoms with Crippen LogP contribution in [0.15, 0.2) is 36.5 Å². The van der Waals surface area contributed by atoms with Gasteiger partial charge in [-0.25, -0.2) is 18.7 Å². The number of anilines is 3. The summed E-state index contributed by atoms with van der Waals surface area (Å²) in [5.74, 6) is -0.258. The molecule has 210 valence electrons. The van der Waals surface area contributed by atoms with Crippen molar-refractivity contribution in [2.75, 3.05) is 56.7 Å². The number of nitrogens with zero attached hydrogens (tertiary/aromatic N) is 5. The van der Waals surface area contributed by atoms with Crippen LogP contribution in [0.25, 0.3) is 11.3 Å². The van der Waals surface area contributed by atoms with E-state index >= 15 is 0 Å². The Morgan fingerprint density at radius 1 is 1.12 bits per heavy atom. The van der Waals surface area contributed by atoms with Gasteiger partial charge in [0.2, 0.25) is 5.95 Å². The van der Waals surface area contributed by atoms with E-state index < -0.39 is 11.6 Å². The van der Waals surface area contributed by atoms with E-state index in [0.29, 0.717) is 35.8 Å². The van der Waals surface area contributed by atoms with E-state index in [9.17, 15) is 13.6 Å². The molecule has 1 saturated heterocycles. The maximum atomic E-state index is 14.8. The molecule has 3 aromatic rings. The second-order valence-corrected chi connectivity index (χ2v) is 10.3. The smallest absolute Gasteiger partial charge is 0.265 e. The van der Waals surface area contributed by atoms with Gasteiger partial charge >= 0.3 is 0 Å². The van der Waals surface area contributed by atoms with Gasteiger partial charge in [0.15, 0.2) is 12.4 Å². The number of amides is 1. The van der Waals surface area contributed by atoms with Crippen LogP contribution in [0.1, 0.15) is 25.3 Å². The van der Waals surface area contributed by atoms with Crippen molar-refractivity contribution in [2.24, 2.45) is 0 Å². The standard InChI is InChI=1S/C29H32F2N6O3/c1-3-37-24-14-20(33-29-32-15-23(31)27(34-29)22-7-4-19(30)13-25(22)39-2)12-18(28(24)40-17-26(37)38)16-35-8-10-36(11-9-35)21-5-6-21/h4,7,12-15,21H,3,5-6,8-11,16-17H2,1-2H3,(H,32,33,34). The number of carbonyl (C=O) groups is 1. The number of hydrogen-bond donors (Lipinski definition) is 1. The summed E-state index contributed by atoms with van der Waals surface area (Å²) >= 11 is 0. The van der Waals surface area contributed by atoms with Crippen molar-refractivity contribution in [2.45, 2.75) is 32.4 Å². The van der Waals surface area contributed by atoms with Crippen LogP contribution in [-0.2, 0) is 11.3 Å². The highest BCUT2D eigenvalue weighted by molar-refractivity contribution is 5.99. The molecule has 1 N–H and O–H groups in total. The summed E-state index contributed by atoms with van der Waals surface area (Å²) in [6.45, 7) is 7.11. The molecule has 0 spiro atoms. The molecule has 40 heavy (non-hydrogen) atoms. The van der Waals surface area contributed by atoms with Crippen molar-refractivity contribution in [3.8, 4) is 22.8 Å². The Balaban J connectivity index is 1.31. The fraction of sp³-hybridized carbons (Fsp3) is 0.414. The van der Waals surface area contributed by atoms with Gasteiger partial charge in [0.05, 0.1) is 19.0 Å². The van der Waals surface area contributed by atoms with E-state index in [1.807, 2.05) is 19.1 Å². The van der Waals surface area contributed by atoms with Crippen LogP contribution in [0.4, 0.5) is 26.1 Å². The zero-order valence-electron chi connectivity index (χ0n) is 22.6. The third-order valence-corrected chi connectivity index (χ3v) is 7.68. The Labute approximate surface area is 231 Å². The number of piperazine rings is 1. The number of likely N-dealkylation sites (N-methyl/N-ethyl adjacent to an activating group) is 1. The molecule has 1 aromatic heterocycles. The summed E-state index contributed by atoms with van der Waals surface area (Å²) in [6, 6.07) is 8.38. The molecule has 0 radical (unpaired) electrons. The molecule has 0 unspecified atom stereocenters. The predicted molar refractivity (Wildman–Crippen MR) is 147 cm³/mol. The predicted octanol–water partition coefficient (Wildman–Crippen LogP) is 4.20. The Hall–Kier alpha value is -3.83. The molecule has 3 heterocycles. The average molecular weight is 551 g/mol. The summed E-state index contributed by atoms with van der Waals surface area (Å²) in [5, 5.41) is 3.18. The number of hydrogen-bond acceptors (Lipinski definition) is 8. The Kier molecular flexibility index (Phi) is 7.24. The SMILES string of the molecule is CCN1C(=O)COc2c(CN3CCN(C4CC4)CC3)cc(Nc3ncc(F)c(-c4ccc(F)cc4OC)n3)cc21. The zero-order chi connectivity index (χ0) is 27.8. The van der Waals surface area contributed by atoms with Gasteiger partial charge in [-0.3, -0.25) is 14.6 Å². The minimum atomic E-state index is -0.664. The molecular formula is C29H32F2N6O3. The number of aromatic nitrogens is 2. The molecular weight excluding hydrogens is 518 g/mol. The first-order valence-electron chi connectivity index (χ1n) is 13.6. The van der Waals surface area contributed by atoms with Crippen LogP contribution in [0.2, 0.25) is 0 Å². The summed E-state index contributed by atoms with van der Waals surface area (Å²) in [7, 11) is 1.39. The van der Waals surface area contributed by atoms with E-state index in [1.54, 1.807) is 4.90 Å². The van der Waals surface area contributed by atoms with Gasteiger partial charge < -0.3 is 19.7 Å². The van der Waals surface area contributed by atoms with Crippen LogP contribution in [0, 0.1) is 11.6 Å². The number of fused-ring (bicyclic) bond motifs is 1. The summed E-state index contributed by atoms with van der Waals surface area (Å²) in [5.41, 5.74) is 2.56. The summed E-state index contributed by atoms with van der Waals surface area (Å²) in [6.07, 6.45) is 3.67. The van der Waals surface area contributed by atoms with Crippen LogP contribution in [-0.4, -0.2) is 78.2 Å². The molecule has 11 heteroatoms. The van der Waals surface area contributed by atoms with E-state index in [-0.39, 0.29) is 29.9 Å². The van der Waals surface area contributed by atoms with Crippen LogP contribution in [0.5, 0.6) is 11.5 Å². The quantitative estimate of drug-likeness (QED) is 0.447. The van der Waals surface area contributed by atoms with Crippen molar-refractivity contribution in [3.05, 3.63) is 53.7 Å². The van der Waals surface area contributed by atoms with Gasteiger partial charge in [-0.15, -0.1) is 0 Å². The summed E-state index contributed by atoms with van der Waals surface area (Å²) < 4.78 is 39.8. The Bertz CT molecular complexity index is 1430. The molecule has 6 rings (SSSR count). The molecule has 2 aromatic carbocycles. The topological polar surface area (TPSA) is 83.1 Å². The first kappa shape index (κ1) is 26.4. The van der Waals surface area contributed by atoms with Gasteiger partial charge in [0.25, 0.3) is 5.91 Å². The van der Waals surface area contributed by atoms with Crippen molar-refractivity contribution in [3.63, 3.8) is 0 Å². The number of methoxy groups -OCH3 is 1. The number of rotatable bonds is 8. The number of benzene rings is 2. The minimum absolute atomic E-state index is 0.00000902. The monoisotopic (exact) mass is 550 g/mol. The lowest BCUT2D eigenvalue weighted by molar-refractivity contribution is -0.121. The maximum absolute atomic E-state index is 14.8. The van der Waals surface area contributed by atoms with Crippen molar-refractivity contribution in [1.29, 1.82) is 0 Å². The highest BCUT2D eigenvalue weighted by Gasteiger charge is 2.32. The van der Waals surface area contributed by atoms with E-state index in [2.05, 4.69) is 25.1 Å². The lowest BCUT2D eigenvalue weighted by Gasteiger charge is -2.36. The van der Waals surface area contributed by atoms with Gasteiger partial charge in [0, 0.05) is 68.2 Å². The number of halogens is 2. The number of ether oxygens (including phenoxy) is 2. The van der Waals surface area contributed by atoms with Gasteiger partial charge in [-0.1, -0.05) is 0 Å². The Morgan fingerprint density at radius 3 is 2.65 bits per heavy atom. The average Bonchev–Trinajstić information content (AvgIpc) is 3.80. The molecule has 9 nitrogen and oxygen atoms in total. The highest BCUT2D eigenvalue weighted by Crippen LogP contribution is 2.40. The molecule has 1 aliphatic carbocycles. The van der Waals surface area contributed by atoms with Crippen molar-refractivity contribution in [1.82, 2.24) is 19.8 Å². The number of nitrogens with one attached hydrogen (secondary N) is 1. The lowest BCUT2D eigenvalue weighted by atomic mass is 10.1. The fourth-order valence-electron chi connectivity index (χ4n) is 5.50. The molecule has 2 aliphatic heterocycles. The molecule has 0 bridgehead atoms. The maximum Gasteiger partial charge on any atom is 0.265 e. The van der Waals surface area contributed by atoms with Gasteiger partial charge in [-0.05, 0) is 44.0 Å². The molecule has 3 aliphatic rings. The van der Waals surface area contributed by atoms with E-state index in [0.717, 1.165) is 44.0 Å².